The van der Waals surface area contributed by atoms with Crippen molar-refractivity contribution in [2.24, 2.45) is 0 Å². The van der Waals surface area contributed by atoms with Crippen LogP contribution in [0.2, 0.25) is 0 Å². The summed E-state index contributed by atoms with van der Waals surface area (Å²) in [7, 11) is 0. The highest BCUT2D eigenvalue weighted by molar-refractivity contribution is 6.02. The first-order chi connectivity index (χ1) is 8.84. The zero-order valence-electron chi connectivity index (χ0n) is 9.16. The molecule has 0 unspecified atom stereocenters. The van der Waals surface area contributed by atoms with Gasteiger partial charge in [0.2, 0.25) is 0 Å². The van der Waals surface area contributed by atoms with E-state index in [0.29, 0.717) is 16.7 Å². The van der Waals surface area contributed by atoms with Gasteiger partial charge >= 0.3 is 0 Å². The second-order valence-electron chi connectivity index (χ2n) is 3.99. The molecule has 0 atom stereocenters. The summed E-state index contributed by atoms with van der Waals surface area (Å²) in [5, 5.41) is 0.829. The number of pyridine rings is 2. The van der Waals surface area contributed by atoms with Gasteiger partial charge in [-0.3, -0.25) is 14.2 Å². The Kier molecular flexibility index (Phi) is 1.62. The molecule has 0 saturated heterocycles. The van der Waals surface area contributed by atoms with Gasteiger partial charge < -0.3 is 4.98 Å². The first-order valence-electron chi connectivity index (χ1n) is 5.42. The lowest BCUT2D eigenvalue weighted by molar-refractivity contribution is 1.10. The second kappa shape index (κ2) is 3.13. The Bertz CT molecular complexity index is 953. The van der Waals surface area contributed by atoms with E-state index in [4.69, 9.17) is 0 Å². The lowest BCUT2D eigenvalue weighted by Gasteiger charge is -1.97. The molecule has 86 valence electrons. The Morgan fingerprint density at radius 3 is 3.00 bits per heavy atom. The number of rotatable bonds is 0. The van der Waals surface area contributed by atoms with Crippen molar-refractivity contribution in [2.75, 3.05) is 0 Å². The number of nitrogens with zero attached hydrogens (tertiary/aromatic N) is 4. The van der Waals surface area contributed by atoms with E-state index in [0.717, 1.165) is 10.9 Å². The van der Waals surface area contributed by atoms with Gasteiger partial charge in [-0.2, -0.15) is 0 Å². The Balaban J connectivity index is 2.42. The Morgan fingerprint density at radius 1 is 1.17 bits per heavy atom. The van der Waals surface area contributed by atoms with Gasteiger partial charge in [0, 0.05) is 24.0 Å². The normalized spacial score (nSPS) is 11.6. The number of hydrogen-bond acceptors (Lipinski definition) is 4. The highest BCUT2D eigenvalue weighted by atomic mass is 16.1. The standard InChI is InChI=1S/C12H7N5O/c18-12-11-10(7-5-13-3-1-8(7)15-12)16-9-2-4-14-6-17(9)11/h1-6H,(H,15,18). The molecule has 0 amide bonds. The summed E-state index contributed by atoms with van der Waals surface area (Å²) in [6.07, 6.45) is 6.58. The van der Waals surface area contributed by atoms with E-state index >= 15 is 0 Å². The van der Waals surface area contributed by atoms with Gasteiger partial charge in [0.15, 0.2) is 0 Å². The number of aromatic nitrogens is 5. The molecule has 0 aliphatic heterocycles. The van der Waals surface area contributed by atoms with Crippen LogP contribution in [-0.4, -0.2) is 24.3 Å². The first kappa shape index (κ1) is 9.29. The van der Waals surface area contributed by atoms with Gasteiger partial charge in [-0.15, -0.1) is 0 Å². The van der Waals surface area contributed by atoms with Crippen LogP contribution in [0.15, 0.2) is 41.8 Å². The van der Waals surface area contributed by atoms with Crippen LogP contribution in [0.25, 0.3) is 27.6 Å². The number of aromatic amines is 1. The van der Waals surface area contributed by atoms with Crippen molar-refractivity contribution >= 4 is 27.6 Å². The van der Waals surface area contributed by atoms with Crippen LogP contribution in [0.3, 0.4) is 0 Å². The summed E-state index contributed by atoms with van der Waals surface area (Å²) in [6, 6.07) is 3.53. The predicted molar refractivity (Wildman–Crippen MR) is 66.4 cm³/mol. The van der Waals surface area contributed by atoms with Gasteiger partial charge in [-0.05, 0) is 12.1 Å². The number of fused-ring (bicyclic) bond motifs is 5. The van der Waals surface area contributed by atoms with Crippen molar-refractivity contribution in [2.45, 2.75) is 0 Å². The molecular formula is C12H7N5O. The molecule has 6 heteroatoms. The van der Waals surface area contributed by atoms with E-state index < -0.39 is 0 Å². The van der Waals surface area contributed by atoms with E-state index in [9.17, 15) is 4.79 Å². The van der Waals surface area contributed by atoms with E-state index in [1.54, 1.807) is 41.5 Å². The predicted octanol–water partition coefficient (Wildman–Crippen LogP) is 1.12. The van der Waals surface area contributed by atoms with Crippen molar-refractivity contribution in [1.29, 1.82) is 0 Å². The maximum Gasteiger partial charge on any atom is 0.275 e. The fourth-order valence-electron chi connectivity index (χ4n) is 2.18. The van der Waals surface area contributed by atoms with E-state index in [1.165, 1.54) is 0 Å². The lowest BCUT2D eigenvalue weighted by atomic mass is 10.2. The molecule has 18 heavy (non-hydrogen) atoms. The third kappa shape index (κ3) is 1.06. The van der Waals surface area contributed by atoms with Crippen LogP contribution in [-0.2, 0) is 0 Å². The highest BCUT2D eigenvalue weighted by Gasteiger charge is 2.11. The number of nitrogens with one attached hydrogen (secondary N) is 1. The minimum atomic E-state index is -0.177. The van der Waals surface area contributed by atoms with Crippen molar-refractivity contribution in [3.8, 4) is 0 Å². The number of hydrogen-bond donors (Lipinski definition) is 1. The first-order valence-corrected chi connectivity index (χ1v) is 5.42. The zero-order chi connectivity index (χ0) is 12.1. The van der Waals surface area contributed by atoms with Crippen LogP contribution in [0.1, 0.15) is 0 Å². The molecule has 0 bridgehead atoms. The Hall–Kier alpha value is -2.76. The fraction of sp³-hybridized carbons (Fsp3) is 0. The molecule has 4 rings (SSSR count). The summed E-state index contributed by atoms with van der Waals surface area (Å²) in [5.41, 5.74) is 2.40. The summed E-state index contributed by atoms with van der Waals surface area (Å²) >= 11 is 0. The van der Waals surface area contributed by atoms with Gasteiger partial charge in [-0.25, -0.2) is 9.97 Å². The molecule has 0 aliphatic carbocycles. The monoisotopic (exact) mass is 237 g/mol. The van der Waals surface area contributed by atoms with Crippen molar-refractivity contribution in [3.05, 3.63) is 47.4 Å². The quantitative estimate of drug-likeness (QED) is 0.497. The number of H-pyrrole nitrogens is 1. The molecule has 1 N–H and O–H groups in total. The topological polar surface area (TPSA) is 75.9 Å². The molecule has 4 aromatic rings. The minimum Gasteiger partial charge on any atom is -0.320 e. The summed E-state index contributed by atoms with van der Waals surface area (Å²) in [5.74, 6) is 0. The summed E-state index contributed by atoms with van der Waals surface area (Å²) in [4.78, 5) is 27.5. The highest BCUT2D eigenvalue weighted by Crippen LogP contribution is 2.20. The molecule has 4 heterocycles. The van der Waals surface area contributed by atoms with Crippen molar-refractivity contribution in [1.82, 2.24) is 24.3 Å². The van der Waals surface area contributed by atoms with Crippen molar-refractivity contribution < 1.29 is 0 Å². The fourth-order valence-corrected chi connectivity index (χ4v) is 2.18. The molecule has 6 nitrogen and oxygen atoms in total. The molecule has 0 radical (unpaired) electrons. The van der Waals surface area contributed by atoms with Gasteiger partial charge in [0.25, 0.3) is 5.56 Å². The average molecular weight is 237 g/mol. The SMILES string of the molecule is O=c1[nH]c2ccncc2c2nc3ccncn3c12. The van der Waals surface area contributed by atoms with Crippen LogP contribution in [0, 0.1) is 0 Å². The van der Waals surface area contributed by atoms with Gasteiger partial charge in [0.1, 0.15) is 23.0 Å². The van der Waals surface area contributed by atoms with Crippen LogP contribution >= 0.6 is 0 Å². The maximum absolute atomic E-state index is 12.1. The van der Waals surface area contributed by atoms with Crippen molar-refractivity contribution in [3.63, 3.8) is 0 Å². The molecule has 0 aliphatic rings. The molecule has 0 saturated carbocycles. The molecule has 4 aromatic heterocycles. The third-order valence-electron chi connectivity index (χ3n) is 2.97. The smallest absolute Gasteiger partial charge is 0.275 e. The third-order valence-corrected chi connectivity index (χ3v) is 2.97. The molecule has 0 spiro atoms. The zero-order valence-corrected chi connectivity index (χ0v) is 9.16. The molecular weight excluding hydrogens is 230 g/mol. The van der Waals surface area contributed by atoms with Crippen LogP contribution < -0.4 is 5.56 Å². The van der Waals surface area contributed by atoms with Gasteiger partial charge in [0.05, 0.1) is 5.52 Å². The largest absolute Gasteiger partial charge is 0.320 e. The maximum atomic E-state index is 12.1. The van der Waals surface area contributed by atoms with Crippen LogP contribution in [0.4, 0.5) is 0 Å². The number of imidazole rings is 1. The Morgan fingerprint density at radius 2 is 2.06 bits per heavy atom. The molecule has 0 fully saturated rings. The van der Waals surface area contributed by atoms with E-state index in [1.807, 2.05) is 0 Å². The Labute approximate surface area is 100.0 Å². The summed E-state index contributed by atoms with van der Waals surface area (Å²) < 4.78 is 1.68. The van der Waals surface area contributed by atoms with Gasteiger partial charge in [-0.1, -0.05) is 0 Å². The van der Waals surface area contributed by atoms with E-state index in [2.05, 4.69) is 19.9 Å². The second-order valence-corrected chi connectivity index (χ2v) is 3.99. The minimum absolute atomic E-state index is 0.177. The average Bonchev–Trinajstić information content (AvgIpc) is 2.79. The summed E-state index contributed by atoms with van der Waals surface area (Å²) in [6.45, 7) is 0. The lowest BCUT2D eigenvalue weighted by Crippen LogP contribution is -2.08. The van der Waals surface area contributed by atoms with Crippen LogP contribution in [0.5, 0.6) is 0 Å². The van der Waals surface area contributed by atoms with E-state index in [-0.39, 0.29) is 5.56 Å². The molecule has 0 aromatic carbocycles.